The number of likely N-dealkylation sites (tertiary alicyclic amines) is 1. The van der Waals surface area contributed by atoms with Gasteiger partial charge in [-0.2, -0.15) is 0 Å². The van der Waals surface area contributed by atoms with Crippen LogP contribution in [0.4, 0.5) is 4.79 Å². The van der Waals surface area contributed by atoms with Crippen LogP contribution in [0.2, 0.25) is 0 Å². The maximum atomic E-state index is 12.2. The maximum Gasteiger partial charge on any atom is 0.317 e. The van der Waals surface area contributed by atoms with E-state index in [1.165, 1.54) is 64.2 Å². The lowest BCUT2D eigenvalue weighted by Crippen LogP contribution is -2.44. The van der Waals surface area contributed by atoms with E-state index in [0.29, 0.717) is 12.1 Å². The molecule has 1 saturated heterocycles. The molecule has 18 heavy (non-hydrogen) atoms. The number of hydrogen-bond acceptors (Lipinski definition) is 1. The Balaban J connectivity index is 1.51. The fraction of sp³-hybridized carbons (Fsp3) is 0.933. The van der Waals surface area contributed by atoms with Gasteiger partial charge in [-0.05, 0) is 38.0 Å². The molecule has 3 nitrogen and oxygen atoms in total. The molecule has 0 radical (unpaired) electrons. The highest BCUT2D eigenvalue weighted by Gasteiger charge is 2.33. The summed E-state index contributed by atoms with van der Waals surface area (Å²) in [5, 5.41) is 3.15. The van der Waals surface area contributed by atoms with Gasteiger partial charge in [0.25, 0.3) is 0 Å². The van der Waals surface area contributed by atoms with Gasteiger partial charge in [-0.15, -0.1) is 0 Å². The van der Waals surface area contributed by atoms with Crippen LogP contribution in [-0.2, 0) is 0 Å². The Morgan fingerprint density at radius 2 is 1.78 bits per heavy atom. The molecule has 2 aliphatic carbocycles. The molecule has 0 unspecified atom stereocenters. The summed E-state index contributed by atoms with van der Waals surface area (Å²) in [6, 6.07) is 1.25. The zero-order valence-corrected chi connectivity index (χ0v) is 11.4. The number of carbonyl (C=O) groups is 1. The van der Waals surface area contributed by atoms with Gasteiger partial charge in [0.2, 0.25) is 0 Å². The fourth-order valence-corrected chi connectivity index (χ4v) is 3.64. The highest BCUT2D eigenvalue weighted by atomic mass is 16.2. The van der Waals surface area contributed by atoms with Gasteiger partial charge in [-0.1, -0.05) is 32.1 Å². The third-order valence-electron chi connectivity index (χ3n) is 4.87. The topological polar surface area (TPSA) is 32.3 Å². The molecule has 3 aliphatic rings. The third-order valence-corrected chi connectivity index (χ3v) is 4.87. The van der Waals surface area contributed by atoms with Gasteiger partial charge < -0.3 is 10.2 Å². The first-order valence-electron chi connectivity index (χ1n) is 7.90. The first-order chi connectivity index (χ1) is 8.83. The van der Waals surface area contributed by atoms with E-state index < -0.39 is 0 Å². The molecular weight excluding hydrogens is 224 g/mol. The molecule has 0 spiro atoms. The van der Waals surface area contributed by atoms with Gasteiger partial charge in [-0.25, -0.2) is 4.79 Å². The fourth-order valence-electron chi connectivity index (χ4n) is 3.64. The summed E-state index contributed by atoms with van der Waals surface area (Å²) in [5.41, 5.74) is 0. The Bertz CT molecular complexity index is 295. The molecule has 0 aromatic heterocycles. The highest BCUT2D eigenvalue weighted by molar-refractivity contribution is 5.75. The zero-order valence-electron chi connectivity index (χ0n) is 11.4. The summed E-state index contributed by atoms with van der Waals surface area (Å²) >= 11 is 0. The van der Waals surface area contributed by atoms with Gasteiger partial charge in [0.1, 0.15) is 0 Å². The van der Waals surface area contributed by atoms with Gasteiger partial charge >= 0.3 is 6.03 Å². The zero-order chi connectivity index (χ0) is 12.4. The normalized spacial score (nSPS) is 29.6. The first-order valence-corrected chi connectivity index (χ1v) is 7.90. The summed E-state index contributed by atoms with van der Waals surface area (Å²) in [6.45, 7) is 0.982. The molecule has 3 fully saturated rings. The largest absolute Gasteiger partial charge is 0.335 e. The SMILES string of the molecule is O=C(NC1CC1)N1CCC[C@H]1CC1CCCCC1. The van der Waals surface area contributed by atoms with Gasteiger partial charge in [-0.3, -0.25) is 0 Å². The van der Waals surface area contributed by atoms with Crippen LogP contribution in [0.5, 0.6) is 0 Å². The standard InChI is InChI=1S/C15H26N2O/c18-15(16-13-8-9-13)17-10-4-7-14(17)11-12-5-2-1-3-6-12/h12-14H,1-11H2,(H,16,18)/t14-/m0/s1. The van der Waals surface area contributed by atoms with Crippen LogP contribution in [0.3, 0.4) is 0 Å². The lowest BCUT2D eigenvalue weighted by Gasteiger charge is -2.30. The predicted molar refractivity (Wildman–Crippen MR) is 72.5 cm³/mol. The van der Waals surface area contributed by atoms with Gasteiger partial charge in [0, 0.05) is 18.6 Å². The number of rotatable bonds is 3. The minimum absolute atomic E-state index is 0.218. The van der Waals surface area contributed by atoms with Crippen molar-refractivity contribution in [1.82, 2.24) is 10.2 Å². The van der Waals surface area contributed by atoms with Crippen LogP contribution >= 0.6 is 0 Å². The average molecular weight is 250 g/mol. The molecule has 2 amide bonds. The van der Waals surface area contributed by atoms with Crippen LogP contribution in [0.1, 0.15) is 64.2 Å². The maximum absolute atomic E-state index is 12.2. The monoisotopic (exact) mass is 250 g/mol. The van der Waals surface area contributed by atoms with E-state index >= 15 is 0 Å². The van der Waals surface area contributed by atoms with Crippen molar-refractivity contribution < 1.29 is 4.79 Å². The van der Waals surface area contributed by atoms with Crippen molar-refractivity contribution in [3.63, 3.8) is 0 Å². The number of hydrogen-bond donors (Lipinski definition) is 1. The Kier molecular flexibility index (Phi) is 3.76. The summed E-state index contributed by atoms with van der Waals surface area (Å²) in [5.74, 6) is 0.887. The molecule has 0 aromatic carbocycles. The smallest absolute Gasteiger partial charge is 0.317 e. The lowest BCUT2D eigenvalue weighted by molar-refractivity contribution is 0.177. The Morgan fingerprint density at radius 1 is 1.00 bits per heavy atom. The molecule has 0 bridgehead atoms. The second kappa shape index (κ2) is 5.50. The van der Waals surface area contributed by atoms with Crippen LogP contribution < -0.4 is 5.32 Å². The van der Waals surface area contributed by atoms with Crippen molar-refractivity contribution in [3.05, 3.63) is 0 Å². The van der Waals surface area contributed by atoms with Crippen LogP contribution in [0, 0.1) is 5.92 Å². The first kappa shape index (κ1) is 12.3. The molecule has 0 aromatic rings. The van der Waals surface area contributed by atoms with Crippen molar-refractivity contribution in [1.29, 1.82) is 0 Å². The molecule has 1 atom stereocenters. The highest BCUT2D eigenvalue weighted by Crippen LogP contribution is 2.32. The van der Waals surface area contributed by atoms with E-state index in [4.69, 9.17) is 0 Å². The van der Waals surface area contributed by atoms with Crippen LogP contribution in [-0.4, -0.2) is 29.6 Å². The lowest BCUT2D eigenvalue weighted by atomic mass is 9.84. The second-order valence-electron chi connectivity index (χ2n) is 6.45. The van der Waals surface area contributed by atoms with Crippen molar-refractivity contribution in [2.45, 2.75) is 76.3 Å². The number of nitrogens with one attached hydrogen (secondary N) is 1. The Morgan fingerprint density at radius 3 is 2.50 bits per heavy atom. The average Bonchev–Trinajstić information content (AvgIpc) is 3.07. The molecule has 1 N–H and O–H groups in total. The van der Waals surface area contributed by atoms with Crippen LogP contribution in [0.15, 0.2) is 0 Å². The summed E-state index contributed by atoms with van der Waals surface area (Å²) in [4.78, 5) is 14.3. The van der Waals surface area contributed by atoms with Crippen molar-refractivity contribution >= 4 is 6.03 Å². The van der Waals surface area contributed by atoms with Crippen LogP contribution in [0.25, 0.3) is 0 Å². The Labute approximate surface area is 110 Å². The third kappa shape index (κ3) is 2.99. The molecule has 102 valence electrons. The Hall–Kier alpha value is -0.730. The summed E-state index contributed by atoms with van der Waals surface area (Å²) < 4.78 is 0. The van der Waals surface area contributed by atoms with E-state index in [2.05, 4.69) is 10.2 Å². The van der Waals surface area contributed by atoms with Crippen molar-refractivity contribution in [2.24, 2.45) is 5.92 Å². The predicted octanol–water partition coefficient (Wildman–Crippen LogP) is 3.29. The van der Waals surface area contributed by atoms with Gasteiger partial charge in [0.15, 0.2) is 0 Å². The van der Waals surface area contributed by atoms with E-state index in [9.17, 15) is 4.79 Å². The van der Waals surface area contributed by atoms with Gasteiger partial charge in [0.05, 0.1) is 0 Å². The molecule has 3 heteroatoms. The molecule has 3 rings (SSSR count). The van der Waals surface area contributed by atoms with E-state index in [0.717, 1.165) is 12.5 Å². The molecule has 1 heterocycles. The number of nitrogens with zero attached hydrogens (tertiary/aromatic N) is 1. The van der Waals surface area contributed by atoms with E-state index in [-0.39, 0.29) is 6.03 Å². The van der Waals surface area contributed by atoms with Crippen molar-refractivity contribution in [3.8, 4) is 0 Å². The number of amides is 2. The summed E-state index contributed by atoms with van der Waals surface area (Å²) in [7, 11) is 0. The minimum atomic E-state index is 0.218. The summed E-state index contributed by atoms with van der Waals surface area (Å²) in [6.07, 6.45) is 13.1. The quantitative estimate of drug-likeness (QED) is 0.819. The van der Waals surface area contributed by atoms with E-state index in [1.807, 2.05) is 0 Å². The molecule has 1 aliphatic heterocycles. The molecule has 2 saturated carbocycles. The number of urea groups is 1. The second-order valence-corrected chi connectivity index (χ2v) is 6.45. The number of carbonyl (C=O) groups excluding carboxylic acids is 1. The molecular formula is C15H26N2O. The minimum Gasteiger partial charge on any atom is -0.335 e. The van der Waals surface area contributed by atoms with E-state index in [1.54, 1.807) is 0 Å². The van der Waals surface area contributed by atoms with Crippen molar-refractivity contribution in [2.75, 3.05) is 6.54 Å².